The van der Waals surface area contributed by atoms with Crippen LogP contribution < -0.4 is 10.1 Å². The molecule has 1 atom stereocenters. The Morgan fingerprint density at radius 3 is 2.78 bits per heavy atom. The van der Waals surface area contributed by atoms with Gasteiger partial charge < -0.3 is 25.2 Å². The molecule has 1 heterocycles. The first-order valence-electron chi connectivity index (χ1n) is 8.64. The number of piperidine rings is 1. The highest BCUT2D eigenvalue weighted by atomic mass is 16.5. The topological polar surface area (TPSA) is 65.0 Å². The molecule has 3 N–H and O–H groups in total. The Morgan fingerprint density at radius 2 is 2.09 bits per heavy atom. The van der Waals surface area contributed by atoms with Gasteiger partial charge in [-0.05, 0) is 57.0 Å². The van der Waals surface area contributed by atoms with Crippen molar-refractivity contribution in [2.24, 2.45) is 5.92 Å². The molecule has 0 aliphatic carbocycles. The second-order valence-corrected chi connectivity index (χ2v) is 6.49. The fourth-order valence-corrected chi connectivity index (χ4v) is 2.94. The number of aliphatic hydroxyl groups excluding tert-OH is 1. The zero-order valence-electron chi connectivity index (χ0n) is 14.3. The van der Waals surface area contributed by atoms with Gasteiger partial charge in [-0.15, -0.1) is 0 Å². The number of aliphatic hydroxyl groups is 1. The van der Waals surface area contributed by atoms with Gasteiger partial charge in [0.25, 0.3) is 0 Å². The van der Waals surface area contributed by atoms with Crippen LogP contribution in [0.25, 0.3) is 0 Å². The lowest BCUT2D eigenvalue weighted by Crippen LogP contribution is -2.41. The van der Waals surface area contributed by atoms with E-state index < -0.39 is 0 Å². The number of rotatable bonds is 8. The molecule has 0 bridgehead atoms. The third-order valence-corrected chi connectivity index (χ3v) is 4.40. The minimum Gasteiger partial charge on any atom is -0.508 e. The first-order valence-corrected chi connectivity index (χ1v) is 8.64. The SMILES string of the molecule is CCOc1ccc(O)c(CNCC(O)CN2CCC(C)CC2)c1. The van der Waals surface area contributed by atoms with Crippen molar-refractivity contribution in [3.05, 3.63) is 23.8 Å². The molecule has 2 rings (SSSR count). The molecule has 1 aromatic rings. The van der Waals surface area contributed by atoms with Gasteiger partial charge in [0.05, 0.1) is 12.7 Å². The third-order valence-electron chi connectivity index (χ3n) is 4.40. The monoisotopic (exact) mass is 322 g/mol. The summed E-state index contributed by atoms with van der Waals surface area (Å²) in [6.45, 7) is 8.73. The maximum atomic E-state index is 10.2. The fourth-order valence-electron chi connectivity index (χ4n) is 2.94. The summed E-state index contributed by atoms with van der Waals surface area (Å²) in [7, 11) is 0. The second-order valence-electron chi connectivity index (χ2n) is 6.49. The Balaban J connectivity index is 1.72. The number of hydrogen-bond acceptors (Lipinski definition) is 5. The number of aromatic hydroxyl groups is 1. The zero-order chi connectivity index (χ0) is 16.7. The Kier molecular flexibility index (Phi) is 7.15. The third kappa shape index (κ3) is 6.01. The molecule has 1 saturated heterocycles. The van der Waals surface area contributed by atoms with Crippen molar-refractivity contribution in [2.45, 2.75) is 39.3 Å². The smallest absolute Gasteiger partial charge is 0.120 e. The van der Waals surface area contributed by atoms with Crippen LogP contribution in [-0.4, -0.2) is 54.0 Å². The number of benzene rings is 1. The van der Waals surface area contributed by atoms with E-state index in [-0.39, 0.29) is 11.9 Å². The molecule has 0 aromatic heterocycles. The number of phenolic OH excluding ortho intramolecular Hbond substituents is 1. The van der Waals surface area contributed by atoms with E-state index in [9.17, 15) is 10.2 Å². The van der Waals surface area contributed by atoms with Crippen LogP contribution in [0, 0.1) is 5.92 Å². The predicted octanol–water partition coefficient (Wildman–Crippen LogP) is 1.97. The van der Waals surface area contributed by atoms with Crippen LogP contribution in [0.2, 0.25) is 0 Å². The first-order chi connectivity index (χ1) is 11.1. The van der Waals surface area contributed by atoms with E-state index in [4.69, 9.17) is 4.74 Å². The van der Waals surface area contributed by atoms with Gasteiger partial charge in [0.15, 0.2) is 0 Å². The second kappa shape index (κ2) is 9.11. The molecule has 0 amide bonds. The fraction of sp³-hybridized carbons (Fsp3) is 0.667. The van der Waals surface area contributed by atoms with E-state index in [1.807, 2.05) is 13.0 Å². The molecule has 5 nitrogen and oxygen atoms in total. The summed E-state index contributed by atoms with van der Waals surface area (Å²) >= 11 is 0. The van der Waals surface area contributed by atoms with Crippen molar-refractivity contribution in [1.82, 2.24) is 10.2 Å². The number of likely N-dealkylation sites (tertiary alicyclic amines) is 1. The summed E-state index contributed by atoms with van der Waals surface area (Å²) in [5.74, 6) is 1.81. The summed E-state index contributed by atoms with van der Waals surface area (Å²) in [5.41, 5.74) is 0.787. The summed E-state index contributed by atoms with van der Waals surface area (Å²) in [6.07, 6.45) is 2.05. The standard InChI is InChI=1S/C18H30N2O3/c1-3-23-17-4-5-18(22)15(10-17)11-19-12-16(21)13-20-8-6-14(2)7-9-20/h4-5,10,14,16,19,21-22H,3,6-9,11-13H2,1-2H3. The molecule has 0 saturated carbocycles. The van der Waals surface area contributed by atoms with Gasteiger partial charge in [-0.1, -0.05) is 6.92 Å². The molecule has 1 unspecified atom stereocenters. The van der Waals surface area contributed by atoms with E-state index in [1.54, 1.807) is 12.1 Å². The van der Waals surface area contributed by atoms with Crippen LogP contribution in [0.4, 0.5) is 0 Å². The van der Waals surface area contributed by atoms with E-state index in [0.717, 1.165) is 30.3 Å². The van der Waals surface area contributed by atoms with Crippen molar-refractivity contribution >= 4 is 0 Å². The predicted molar refractivity (Wildman–Crippen MR) is 91.8 cm³/mol. The van der Waals surface area contributed by atoms with Crippen LogP contribution >= 0.6 is 0 Å². The summed E-state index contributed by atoms with van der Waals surface area (Å²) in [6, 6.07) is 5.24. The van der Waals surface area contributed by atoms with E-state index in [0.29, 0.717) is 26.2 Å². The Labute approximate surface area is 139 Å². The first kappa shape index (κ1) is 18.0. The Morgan fingerprint density at radius 1 is 1.35 bits per heavy atom. The largest absolute Gasteiger partial charge is 0.508 e. The molecular weight excluding hydrogens is 292 g/mol. The molecule has 1 aliphatic rings. The number of ether oxygens (including phenoxy) is 1. The molecule has 5 heteroatoms. The lowest BCUT2D eigenvalue weighted by atomic mass is 9.99. The van der Waals surface area contributed by atoms with E-state index in [1.165, 1.54) is 12.8 Å². The van der Waals surface area contributed by atoms with Crippen molar-refractivity contribution in [3.8, 4) is 11.5 Å². The normalized spacial score (nSPS) is 18.0. The lowest BCUT2D eigenvalue weighted by Gasteiger charge is -2.31. The summed E-state index contributed by atoms with van der Waals surface area (Å²) < 4.78 is 5.44. The van der Waals surface area contributed by atoms with Crippen LogP contribution in [0.15, 0.2) is 18.2 Å². The van der Waals surface area contributed by atoms with Crippen molar-refractivity contribution in [1.29, 1.82) is 0 Å². The Hall–Kier alpha value is -1.30. The van der Waals surface area contributed by atoms with Crippen LogP contribution in [0.5, 0.6) is 11.5 Å². The Bertz CT molecular complexity index is 473. The highest BCUT2D eigenvalue weighted by molar-refractivity contribution is 5.39. The van der Waals surface area contributed by atoms with Crippen LogP contribution in [0.1, 0.15) is 32.3 Å². The molecule has 1 aromatic carbocycles. The average Bonchev–Trinajstić information content (AvgIpc) is 2.53. The number of β-amino-alcohol motifs (C(OH)–C–C–N with tert-alkyl or cyclic N) is 1. The summed E-state index contributed by atoms with van der Waals surface area (Å²) in [5, 5.41) is 23.3. The van der Waals surface area contributed by atoms with Gasteiger partial charge in [-0.25, -0.2) is 0 Å². The van der Waals surface area contributed by atoms with Crippen molar-refractivity contribution in [2.75, 3.05) is 32.8 Å². The van der Waals surface area contributed by atoms with Gasteiger partial charge >= 0.3 is 0 Å². The maximum Gasteiger partial charge on any atom is 0.120 e. The molecule has 0 spiro atoms. The van der Waals surface area contributed by atoms with Crippen LogP contribution in [-0.2, 0) is 6.54 Å². The number of hydrogen-bond donors (Lipinski definition) is 3. The molecule has 0 radical (unpaired) electrons. The molecule has 1 aliphatic heterocycles. The minimum absolute atomic E-state index is 0.250. The van der Waals surface area contributed by atoms with E-state index >= 15 is 0 Å². The quantitative estimate of drug-likeness (QED) is 0.683. The van der Waals surface area contributed by atoms with Gasteiger partial charge in [-0.2, -0.15) is 0 Å². The lowest BCUT2D eigenvalue weighted by molar-refractivity contribution is 0.0906. The van der Waals surface area contributed by atoms with E-state index in [2.05, 4.69) is 17.1 Å². The van der Waals surface area contributed by atoms with Gasteiger partial charge in [0.1, 0.15) is 11.5 Å². The number of nitrogens with zero attached hydrogens (tertiary/aromatic N) is 1. The molecule has 23 heavy (non-hydrogen) atoms. The maximum absolute atomic E-state index is 10.2. The van der Waals surface area contributed by atoms with Crippen molar-refractivity contribution in [3.63, 3.8) is 0 Å². The molecule has 1 fully saturated rings. The summed E-state index contributed by atoms with van der Waals surface area (Å²) in [4.78, 5) is 2.33. The van der Waals surface area contributed by atoms with Gasteiger partial charge in [-0.3, -0.25) is 0 Å². The van der Waals surface area contributed by atoms with Gasteiger partial charge in [0, 0.05) is 25.2 Å². The molecule has 130 valence electrons. The van der Waals surface area contributed by atoms with Crippen LogP contribution in [0.3, 0.4) is 0 Å². The average molecular weight is 322 g/mol. The zero-order valence-corrected chi connectivity index (χ0v) is 14.3. The minimum atomic E-state index is -0.388. The van der Waals surface area contributed by atoms with Gasteiger partial charge in [0.2, 0.25) is 0 Å². The highest BCUT2D eigenvalue weighted by Crippen LogP contribution is 2.23. The molecular formula is C18H30N2O3. The number of phenols is 1. The number of nitrogens with one attached hydrogen (secondary N) is 1. The highest BCUT2D eigenvalue weighted by Gasteiger charge is 2.18. The van der Waals surface area contributed by atoms with Crippen molar-refractivity contribution < 1.29 is 14.9 Å².